The summed E-state index contributed by atoms with van der Waals surface area (Å²) < 4.78 is 13.5. The third-order valence-corrected chi connectivity index (χ3v) is 3.57. The fourth-order valence-electron chi connectivity index (χ4n) is 1.03. The maximum Gasteiger partial charge on any atom is 0.224 e. The lowest BCUT2D eigenvalue weighted by atomic mass is 10.4. The zero-order valence-electron chi connectivity index (χ0n) is 11.2. The first-order valence-corrected chi connectivity index (χ1v) is 6.89. The fourth-order valence-corrected chi connectivity index (χ4v) is 1.99. The predicted molar refractivity (Wildman–Crippen MR) is 74.9 cm³/mol. The minimum absolute atomic E-state index is 0.184. The molecular weight excluding hydrogens is 250 g/mol. The van der Waals surface area contributed by atoms with Crippen LogP contribution in [0.15, 0.2) is 12.3 Å². The Balaban J connectivity index is 3.85. The van der Waals surface area contributed by atoms with Gasteiger partial charge in [-0.3, -0.25) is 4.79 Å². The number of rotatable bonds is 8. The summed E-state index contributed by atoms with van der Waals surface area (Å²) in [5.41, 5.74) is 0. The summed E-state index contributed by atoms with van der Waals surface area (Å²) in [7, 11) is 4.58. The van der Waals surface area contributed by atoms with E-state index >= 15 is 0 Å². The van der Waals surface area contributed by atoms with Gasteiger partial charge in [-0.25, -0.2) is 8.51 Å². The average molecular weight is 271 g/mol. The van der Waals surface area contributed by atoms with Gasteiger partial charge in [-0.05, 0) is 21.1 Å². The molecule has 0 saturated heterocycles. The highest BCUT2D eigenvalue weighted by molar-refractivity contribution is 7.82. The zero-order chi connectivity index (χ0) is 14.0. The monoisotopic (exact) mass is 271 g/mol. The molecule has 0 heterocycles. The fraction of sp³-hybridized carbons (Fsp3) is 0.583. The van der Waals surface area contributed by atoms with Crippen LogP contribution in [-0.2, 0) is 15.8 Å². The minimum Gasteiger partial charge on any atom is -0.332 e. The quantitative estimate of drug-likeness (QED) is 0.622. The molecule has 0 spiro atoms. The third kappa shape index (κ3) is 8.93. The van der Waals surface area contributed by atoms with Crippen LogP contribution in [-0.4, -0.2) is 59.3 Å². The Morgan fingerprint density at radius 1 is 1.39 bits per heavy atom. The first kappa shape index (κ1) is 16.8. The van der Waals surface area contributed by atoms with E-state index in [1.165, 1.54) is 12.3 Å². The van der Waals surface area contributed by atoms with E-state index in [0.717, 1.165) is 6.54 Å². The Morgan fingerprint density at radius 3 is 2.61 bits per heavy atom. The van der Waals surface area contributed by atoms with Gasteiger partial charge in [0.1, 0.15) is 0 Å². The number of hydrogen-bond acceptors (Lipinski definition) is 3. The SMILES string of the molecule is C#C/C=C/NC(=O)CCS(=O)N(C)CCN(C)C. The minimum atomic E-state index is -1.13. The molecule has 0 fully saturated rings. The second-order valence-corrected chi connectivity index (χ2v) is 5.67. The van der Waals surface area contributed by atoms with Crippen LogP contribution in [0.25, 0.3) is 0 Å². The molecule has 0 aromatic rings. The predicted octanol–water partition coefficient (Wildman–Crippen LogP) is -0.203. The molecule has 0 aliphatic heterocycles. The van der Waals surface area contributed by atoms with Gasteiger partial charge in [-0.2, -0.15) is 0 Å². The number of allylic oxidation sites excluding steroid dienone is 1. The summed E-state index contributed by atoms with van der Waals surface area (Å²) in [6.07, 6.45) is 8.01. The van der Waals surface area contributed by atoms with Crippen molar-refractivity contribution in [3.05, 3.63) is 12.3 Å². The number of nitrogens with zero attached hydrogens (tertiary/aromatic N) is 2. The summed E-state index contributed by atoms with van der Waals surface area (Å²) in [6.45, 7) is 1.54. The molecule has 0 rings (SSSR count). The van der Waals surface area contributed by atoms with Crippen LogP contribution in [0.3, 0.4) is 0 Å². The van der Waals surface area contributed by atoms with Crippen LogP contribution >= 0.6 is 0 Å². The highest BCUT2D eigenvalue weighted by Gasteiger charge is 2.10. The van der Waals surface area contributed by atoms with Crippen LogP contribution in [0, 0.1) is 12.3 Å². The number of nitrogens with one attached hydrogen (secondary N) is 1. The summed E-state index contributed by atoms with van der Waals surface area (Å²) in [5, 5.41) is 2.50. The number of amides is 1. The Kier molecular flexibility index (Phi) is 9.19. The lowest BCUT2D eigenvalue weighted by Gasteiger charge is -2.18. The summed E-state index contributed by atoms with van der Waals surface area (Å²) in [6, 6.07) is 0. The summed E-state index contributed by atoms with van der Waals surface area (Å²) >= 11 is 0. The molecular formula is C12H21N3O2S. The van der Waals surface area contributed by atoms with E-state index in [2.05, 4.69) is 11.2 Å². The van der Waals surface area contributed by atoms with E-state index in [4.69, 9.17) is 6.42 Å². The van der Waals surface area contributed by atoms with E-state index < -0.39 is 11.0 Å². The molecule has 0 saturated carbocycles. The molecule has 0 aromatic heterocycles. The smallest absolute Gasteiger partial charge is 0.224 e. The highest BCUT2D eigenvalue weighted by Crippen LogP contribution is 1.95. The van der Waals surface area contributed by atoms with E-state index in [-0.39, 0.29) is 12.3 Å². The first-order valence-electron chi connectivity index (χ1n) is 5.62. The second kappa shape index (κ2) is 9.83. The van der Waals surface area contributed by atoms with Gasteiger partial charge in [-0.1, -0.05) is 5.92 Å². The number of hydrogen-bond donors (Lipinski definition) is 1. The molecule has 6 heteroatoms. The van der Waals surface area contributed by atoms with Crippen molar-refractivity contribution in [1.29, 1.82) is 0 Å². The lowest BCUT2D eigenvalue weighted by molar-refractivity contribution is -0.119. The van der Waals surface area contributed by atoms with Crippen molar-refractivity contribution in [2.24, 2.45) is 0 Å². The molecule has 0 aliphatic carbocycles. The number of terminal acetylenes is 1. The summed E-state index contributed by atoms with van der Waals surface area (Å²) in [5.74, 6) is 2.40. The number of carbonyl (C=O) groups excluding carboxylic acids is 1. The normalized spacial score (nSPS) is 12.9. The van der Waals surface area contributed by atoms with Crippen molar-refractivity contribution in [2.75, 3.05) is 40.0 Å². The maximum atomic E-state index is 11.8. The molecule has 0 bridgehead atoms. The Hall–Kier alpha value is -1.16. The van der Waals surface area contributed by atoms with Crippen molar-refractivity contribution < 1.29 is 9.00 Å². The van der Waals surface area contributed by atoms with Gasteiger partial charge < -0.3 is 10.2 Å². The van der Waals surface area contributed by atoms with Crippen LogP contribution in [0.1, 0.15) is 6.42 Å². The van der Waals surface area contributed by atoms with E-state index in [0.29, 0.717) is 12.3 Å². The van der Waals surface area contributed by atoms with E-state index in [1.807, 2.05) is 19.0 Å². The van der Waals surface area contributed by atoms with Crippen molar-refractivity contribution in [3.63, 3.8) is 0 Å². The van der Waals surface area contributed by atoms with Crippen molar-refractivity contribution in [2.45, 2.75) is 6.42 Å². The van der Waals surface area contributed by atoms with Crippen molar-refractivity contribution in [1.82, 2.24) is 14.5 Å². The van der Waals surface area contributed by atoms with Gasteiger partial charge in [0.15, 0.2) is 0 Å². The lowest BCUT2D eigenvalue weighted by Crippen LogP contribution is -2.32. The van der Waals surface area contributed by atoms with Crippen molar-refractivity contribution in [3.8, 4) is 12.3 Å². The molecule has 0 radical (unpaired) electrons. The largest absolute Gasteiger partial charge is 0.332 e. The molecule has 1 amide bonds. The molecule has 1 N–H and O–H groups in total. The van der Waals surface area contributed by atoms with Gasteiger partial charge in [0.05, 0.1) is 11.0 Å². The van der Waals surface area contributed by atoms with Gasteiger partial charge in [-0.15, -0.1) is 6.42 Å². The van der Waals surface area contributed by atoms with Crippen LogP contribution < -0.4 is 5.32 Å². The van der Waals surface area contributed by atoms with Gasteiger partial charge in [0.25, 0.3) is 0 Å². The molecule has 0 aliphatic rings. The standard InChI is InChI=1S/C12H21N3O2S/c1-5-6-8-13-12(16)7-11-18(17)15(4)10-9-14(2)3/h1,6,8H,7,9-11H2,2-4H3,(H,13,16)/b8-6+. The Bertz CT molecular complexity index is 348. The maximum absolute atomic E-state index is 11.8. The zero-order valence-corrected chi connectivity index (χ0v) is 12.0. The highest BCUT2D eigenvalue weighted by atomic mass is 32.2. The molecule has 18 heavy (non-hydrogen) atoms. The van der Waals surface area contributed by atoms with Crippen LogP contribution in [0.5, 0.6) is 0 Å². The van der Waals surface area contributed by atoms with Crippen LogP contribution in [0.2, 0.25) is 0 Å². The first-order chi connectivity index (χ1) is 8.47. The Labute approximate surface area is 112 Å². The van der Waals surface area contributed by atoms with E-state index in [1.54, 1.807) is 11.4 Å². The number of likely N-dealkylation sites (N-methyl/N-ethyl adjacent to an activating group) is 2. The van der Waals surface area contributed by atoms with Crippen LogP contribution in [0.4, 0.5) is 0 Å². The van der Waals surface area contributed by atoms with Crippen molar-refractivity contribution >= 4 is 16.9 Å². The average Bonchev–Trinajstić information content (AvgIpc) is 2.33. The third-order valence-electron chi connectivity index (χ3n) is 2.14. The molecule has 5 nitrogen and oxygen atoms in total. The van der Waals surface area contributed by atoms with Gasteiger partial charge in [0, 0.05) is 37.5 Å². The topological polar surface area (TPSA) is 52.7 Å². The Morgan fingerprint density at radius 2 is 2.06 bits per heavy atom. The second-order valence-electron chi connectivity index (χ2n) is 4.00. The van der Waals surface area contributed by atoms with E-state index in [9.17, 15) is 9.00 Å². The number of carbonyl (C=O) groups is 1. The molecule has 0 aromatic carbocycles. The summed E-state index contributed by atoms with van der Waals surface area (Å²) in [4.78, 5) is 13.3. The van der Waals surface area contributed by atoms with Gasteiger partial charge in [0.2, 0.25) is 5.91 Å². The molecule has 102 valence electrons. The molecule has 1 atom stereocenters. The van der Waals surface area contributed by atoms with Gasteiger partial charge >= 0.3 is 0 Å². The molecule has 1 unspecified atom stereocenters.